The molecule has 0 fully saturated rings. The Balaban J connectivity index is 2.30. The van der Waals surface area contributed by atoms with Gasteiger partial charge in [0.15, 0.2) is 5.82 Å². The largest absolute Gasteiger partial charge is 0.313 e. The number of hydrogen-bond acceptors (Lipinski definition) is 3. The third kappa shape index (κ3) is 3.39. The predicted octanol–water partition coefficient (Wildman–Crippen LogP) is 3.40. The van der Waals surface area contributed by atoms with Gasteiger partial charge in [0, 0.05) is 29.1 Å². The summed E-state index contributed by atoms with van der Waals surface area (Å²) in [6.45, 7) is 7.83. The van der Waals surface area contributed by atoms with Gasteiger partial charge in [0.05, 0.1) is 0 Å². The second-order valence-electron chi connectivity index (χ2n) is 4.88. The summed E-state index contributed by atoms with van der Waals surface area (Å²) in [6.07, 6.45) is 1.10. The second-order valence-corrected chi connectivity index (χ2v) is 4.88. The zero-order valence-electron chi connectivity index (χ0n) is 12.2. The first-order valence-corrected chi connectivity index (χ1v) is 6.92. The molecule has 0 atom stereocenters. The summed E-state index contributed by atoms with van der Waals surface area (Å²) in [5.41, 5.74) is 3.73. The summed E-state index contributed by atoms with van der Waals surface area (Å²) in [7, 11) is 0. The zero-order valence-corrected chi connectivity index (χ0v) is 12.2. The first-order chi connectivity index (χ1) is 9.61. The Hall–Kier alpha value is -1.81. The van der Waals surface area contributed by atoms with E-state index in [1.165, 1.54) is 12.1 Å². The van der Waals surface area contributed by atoms with Gasteiger partial charge in [-0.15, -0.1) is 0 Å². The number of rotatable bonds is 5. The summed E-state index contributed by atoms with van der Waals surface area (Å²) in [5.74, 6) is 0.314. The van der Waals surface area contributed by atoms with Gasteiger partial charge in [0.2, 0.25) is 0 Å². The van der Waals surface area contributed by atoms with Crippen molar-refractivity contribution < 1.29 is 4.39 Å². The van der Waals surface area contributed by atoms with Crippen LogP contribution >= 0.6 is 0 Å². The number of halogens is 1. The van der Waals surface area contributed by atoms with Crippen molar-refractivity contribution in [3.05, 3.63) is 47.0 Å². The lowest BCUT2D eigenvalue weighted by atomic mass is 10.1. The van der Waals surface area contributed by atoms with E-state index < -0.39 is 0 Å². The van der Waals surface area contributed by atoms with Crippen molar-refractivity contribution >= 4 is 0 Å². The molecule has 1 aromatic carbocycles. The van der Waals surface area contributed by atoms with Crippen LogP contribution in [0.4, 0.5) is 4.39 Å². The van der Waals surface area contributed by atoms with Crippen LogP contribution in [0, 0.1) is 19.7 Å². The summed E-state index contributed by atoms with van der Waals surface area (Å²) >= 11 is 0. The highest BCUT2D eigenvalue weighted by molar-refractivity contribution is 5.55. The van der Waals surface area contributed by atoms with Crippen LogP contribution < -0.4 is 5.32 Å². The molecule has 0 saturated carbocycles. The fourth-order valence-corrected chi connectivity index (χ4v) is 2.14. The topological polar surface area (TPSA) is 37.8 Å². The maximum absolute atomic E-state index is 13.3. The summed E-state index contributed by atoms with van der Waals surface area (Å²) in [6, 6.07) is 6.39. The zero-order chi connectivity index (χ0) is 14.5. The minimum absolute atomic E-state index is 0.268. The van der Waals surface area contributed by atoms with Crippen LogP contribution in [0.3, 0.4) is 0 Å². The Morgan fingerprint density at radius 3 is 2.45 bits per heavy atom. The molecule has 106 valence electrons. The van der Waals surface area contributed by atoms with Gasteiger partial charge in [-0.05, 0) is 38.9 Å². The average molecular weight is 273 g/mol. The molecule has 2 rings (SSSR count). The van der Waals surface area contributed by atoms with Gasteiger partial charge in [-0.25, -0.2) is 14.4 Å². The molecule has 0 radical (unpaired) electrons. The molecule has 0 amide bonds. The number of nitrogens with zero attached hydrogens (tertiary/aromatic N) is 2. The molecule has 0 aliphatic carbocycles. The molecule has 0 spiro atoms. The molecule has 4 heteroatoms. The monoisotopic (exact) mass is 273 g/mol. The Kier molecular flexibility index (Phi) is 4.79. The number of aryl methyl sites for hydroxylation is 2. The van der Waals surface area contributed by atoms with Crippen LogP contribution in [0.1, 0.15) is 30.3 Å². The van der Waals surface area contributed by atoms with Crippen molar-refractivity contribution in [2.24, 2.45) is 0 Å². The van der Waals surface area contributed by atoms with Crippen molar-refractivity contribution in [2.75, 3.05) is 6.54 Å². The summed E-state index contributed by atoms with van der Waals surface area (Å²) < 4.78 is 13.3. The normalized spacial score (nSPS) is 10.8. The fourth-order valence-electron chi connectivity index (χ4n) is 2.14. The Morgan fingerprint density at radius 1 is 1.15 bits per heavy atom. The minimum Gasteiger partial charge on any atom is -0.313 e. The van der Waals surface area contributed by atoms with Crippen molar-refractivity contribution in [1.29, 1.82) is 0 Å². The third-order valence-electron chi connectivity index (χ3n) is 3.23. The third-order valence-corrected chi connectivity index (χ3v) is 3.23. The summed E-state index contributed by atoms with van der Waals surface area (Å²) in [4.78, 5) is 9.01. The van der Waals surface area contributed by atoms with Gasteiger partial charge in [0.25, 0.3) is 0 Å². The minimum atomic E-state index is -0.268. The van der Waals surface area contributed by atoms with Gasteiger partial charge < -0.3 is 5.32 Å². The van der Waals surface area contributed by atoms with Crippen molar-refractivity contribution in [3.8, 4) is 11.4 Å². The highest BCUT2D eigenvalue weighted by Crippen LogP contribution is 2.19. The van der Waals surface area contributed by atoms with Gasteiger partial charge in [-0.3, -0.25) is 0 Å². The molecule has 1 N–H and O–H groups in total. The lowest BCUT2D eigenvalue weighted by Gasteiger charge is -2.11. The number of hydrogen-bond donors (Lipinski definition) is 1. The SMILES string of the molecule is CCCNCc1c(C)nc(-c2cccc(F)c2)nc1C. The molecule has 0 unspecified atom stereocenters. The predicted molar refractivity (Wildman–Crippen MR) is 78.9 cm³/mol. The lowest BCUT2D eigenvalue weighted by molar-refractivity contribution is 0.628. The van der Waals surface area contributed by atoms with E-state index in [1.807, 2.05) is 19.9 Å². The first kappa shape index (κ1) is 14.6. The maximum atomic E-state index is 13.3. The van der Waals surface area contributed by atoms with E-state index in [4.69, 9.17) is 0 Å². The van der Waals surface area contributed by atoms with E-state index in [-0.39, 0.29) is 5.82 Å². The maximum Gasteiger partial charge on any atom is 0.159 e. The van der Waals surface area contributed by atoms with E-state index in [2.05, 4.69) is 22.2 Å². The second kappa shape index (κ2) is 6.57. The molecule has 3 nitrogen and oxygen atoms in total. The highest BCUT2D eigenvalue weighted by Gasteiger charge is 2.10. The Labute approximate surface area is 119 Å². The number of nitrogens with one attached hydrogen (secondary N) is 1. The van der Waals surface area contributed by atoms with E-state index >= 15 is 0 Å². The Bertz CT molecular complexity index is 573. The standard InChI is InChI=1S/C16H20FN3/c1-4-8-18-10-15-11(2)19-16(20-12(15)3)13-6-5-7-14(17)9-13/h5-7,9,18H,4,8,10H2,1-3H3. The van der Waals surface area contributed by atoms with E-state index in [0.29, 0.717) is 11.4 Å². The van der Waals surface area contributed by atoms with Gasteiger partial charge in [0.1, 0.15) is 5.82 Å². The van der Waals surface area contributed by atoms with Crippen LogP contribution in [0.5, 0.6) is 0 Å². The highest BCUT2D eigenvalue weighted by atomic mass is 19.1. The van der Waals surface area contributed by atoms with Gasteiger partial charge in [-0.2, -0.15) is 0 Å². The van der Waals surface area contributed by atoms with Crippen LogP contribution in [-0.4, -0.2) is 16.5 Å². The van der Waals surface area contributed by atoms with Crippen molar-refractivity contribution in [3.63, 3.8) is 0 Å². The van der Waals surface area contributed by atoms with Crippen LogP contribution in [0.2, 0.25) is 0 Å². The van der Waals surface area contributed by atoms with Crippen LogP contribution in [-0.2, 0) is 6.54 Å². The molecule has 0 bridgehead atoms. The molecule has 20 heavy (non-hydrogen) atoms. The quantitative estimate of drug-likeness (QED) is 0.848. The van der Waals surface area contributed by atoms with Gasteiger partial charge in [-0.1, -0.05) is 19.1 Å². The van der Waals surface area contributed by atoms with Crippen LogP contribution in [0.15, 0.2) is 24.3 Å². The molecular weight excluding hydrogens is 253 g/mol. The molecule has 1 heterocycles. The van der Waals surface area contributed by atoms with E-state index in [0.717, 1.165) is 36.5 Å². The molecule has 0 aliphatic rings. The molecule has 0 saturated heterocycles. The van der Waals surface area contributed by atoms with Gasteiger partial charge >= 0.3 is 0 Å². The number of aromatic nitrogens is 2. The van der Waals surface area contributed by atoms with E-state index in [9.17, 15) is 4.39 Å². The smallest absolute Gasteiger partial charge is 0.159 e. The van der Waals surface area contributed by atoms with Crippen molar-refractivity contribution in [2.45, 2.75) is 33.7 Å². The van der Waals surface area contributed by atoms with E-state index in [1.54, 1.807) is 6.07 Å². The first-order valence-electron chi connectivity index (χ1n) is 6.92. The molecule has 2 aromatic rings. The molecular formula is C16H20FN3. The number of benzene rings is 1. The fraction of sp³-hybridized carbons (Fsp3) is 0.375. The molecule has 1 aromatic heterocycles. The molecule has 0 aliphatic heterocycles. The van der Waals surface area contributed by atoms with Crippen molar-refractivity contribution in [1.82, 2.24) is 15.3 Å². The Morgan fingerprint density at radius 2 is 1.85 bits per heavy atom. The summed E-state index contributed by atoms with van der Waals surface area (Å²) in [5, 5.41) is 3.36. The average Bonchev–Trinajstić information content (AvgIpc) is 2.41. The van der Waals surface area contributed by atoms with Crippen LogP contribution in [0.25, 0.3) is 11.4 Å². The lowest BCUT2D eigenvalue weighted by Crippen LogP contribution is -2.17.